The Hall–Kier alpha value is -1.47. The number of amides is 1. The van der Waals surface area contributed by atoms with Crippen LogP contribution in [-0.2, 0) is 33.2 Å². The fraction of sp³-hybridized carbons (Fsp3) is 0.963. The van der Waals surface area contributed by atoms with Crippen LogP contribution >= 0.6 is 0 Å². The Balaban J connectivity index is 1.35. The van der Waals surface area contributed by atoms with Crippen LogP contribution < -0.4 is 5.32 Å². The summed E-state index contributed by atoms with van der Waals surface area (Å²) in [6.07, 6.45) is 45.9. The van der Waals surface area contributed by atoms with Crippen molar-refractivity contribution in [3.8, 4) is 0 Å². The van der Waals surface area contributed by atoms with Gasteiger partial charge in [0.1, 0.15) is 73.2 Å². The van der Waals surface area contributed by atoms with Crippen LogP contribution in [0.3, 0.4) is 0 Å². The van der Waals surface area contributed by atoms with E-state index in [-0.39, 0.29) is 18.9 Å². The Kier molecular flexibility index (Phi) is 57.1. The zero-order valence-corrected chi connectivity index (χ0v) is 62.8. The number of carbonyl (C=O) groups is 1. The van der Waals surface area contributed by atoms with Crippen LogP contribution in [0.25, 0.3) is 0 Å². The Morgan fingerprint density at radius 3 is 0.980 bits per heavy atom. The van der Waals surface area contributed by atoms with Gasteiger partial charge in [-0.2, -0.15) is 0 Å². The molecule has 17 atom stereocenters. The van der Waals surface area contributed by atoms with Crippen LogP contribution in [0.4, 0.5) is 0 Å². The number of hydrogen-bond acceptors (Lipinski definition) is 18. The molecule has 0 radical (unpaired) electrons. The van der Waals surface area contributed by atoms with Crippen molar-refractivity contribution in [2.45, 2.75) is 465 Å². The van der Waals surface area contributed by atoms with Crippen molar-refractivity contribution in [2.24, 2.45) is 0 Å². The number of aliphatic hydroxyl groups excluding tert-OH is 11. The molecule has 19 heteroatoms. The SMILES string of the molecule is CCCCCCCCCC/C=C\CCCCCCCCCCCCCCCCCCCCCC(=O)NC(COC1OC(CO)C(OC2OC(CO)C(OC3OC(CO)C(O)C(O)C3O)C(O)C2O)C(O)C1O)C(O)CCCCCCCCCCCCCCCCCCCCCCCCC. The molecule has 99 heavy (non-hydrogen) atoms. The molecular formula is C80H153NO18. The third kappa shape index (κ3) is 41.9. The molecule has 3 aliphatic heterocycles. The first-order chi connectivity index (χ1) is 48.3. The van der Waals surface area contributed by atoms with Gasteiger partial charge in [-0.05, 0) is 38.5 Å². The predicted octanol–water partition coefficient (Wildman–Crippen LogP) is 14.0. The first-order valence-electron chi connectivity index (χ1n) is 41.4. The van der Waals surface area contributed by atoms with Gasteiger partial charge in [-0.1, -0.05) is 328 Å². The highest BCUT2D eigenvalue weighted by molar-refractivity contribution is 5.76. The van der Waals surface area contributed by atoms with Crippen molar-refractivity contribution in [3.05, 3.63) is 12.2 Å². The Morgan fingerprint density at radius 2 is 0.636 bits per heavy atom. The van der Waals surface area contributed by atoms with Gasteiger partial charge in [-0.25, -0.2) is 0 Å². The quantitative estimate of drug-likeness (QED) is 0.0199. The van der Waals surface area contributed by atoms with E-state index >= 15 is 0 Å². The minimum Gasteiger partial charge on any atom is -0.394 e. The van der Waals surface area contributed by atoms with E-state index in [1.165, 1.54) is 283 Å². The summed E-state index contributed by atoms with van der Waals surface area (Å²) in [5.41, 5.74) is 0. The Labute approximate surface area is 601 Å². The second-order valence-corrected chi connectivity index (χ2v) is 29.9. The predicted molar refractivity (Wildman–Crippen MR) is 393 cm³/mol. The molecule has 0 saturated carbocycles. The van der Waals surface area contributed by atoms with Gasteiger partial charge in [0, 0.05) is 6.42 Å². The average Bonchev–Trinajstić information content (AvgIpc) is 0.577. The standard InChI is InChI=1S/C80H153NO18/c1-3-5-7-9-11-13-15-17-19-21-23-25-27-28-29-30-31-32-33-34-36-38-40-42-44-46-48-50-52-54-56-58-68(86)81-63(64(85)57-55-53-51-49-47-45-43-41-39-37-35-26-24-22-20-18-16-14-12-10-8-6-4-2)62-94-78-74(92)71(89)76(66(60-83)96-78)99-80-75(93)72(90)77(67(61-84)97-80)98-79-73(91)70(88)69(87)65(59-82)95-79/h21,23,63-67,69-80,82-85,87-93H,3-20,22,24-62H2,1-2H3,(H,81,86)/b23-21-. The molecular weight excluding hydrogens is 1260 g/mol. The largest absolute Gasteiger partial charge is 0.394 e. The summed E-state index contributed by atoms with van der Waals surface area (Å²) in [6.45, 7) is 1.87. The summed E-state index contributed by atoms with van der Waals surface area (Å²) >= 11 is 0. The molecule has 586 valence electrons. The summed E-state index contributed by atoms with van der Waals surface area (Å²) in [6, 6.07) is -0.885. The van der Waals surface area contributed by atoms with Gasteiger partial charge in [-0.15, -0.1) is 0 Å². The summed E-state index contributed by atoms with van der Waals surface area (Å²) < 4.78 is 34.5. The van der Waals surface area contributed by atoms with E-state index in [2.05, 4.69) is 31.3 Å². The number of aliphatic hydroxyl groups is 11. The average molecular weight is 1420 g/mol. The van der Waals surface area contributed by atoms with Crippen LogP contribution in [0.5, 0.6) is 0 Å². The molecule has 0 aromatic carbocycles. The van der Waals surface area contributed by atoms with E-state index in [9.17, 15) is 61.0 Å². The summed E-state index contributed by atoms with van der Waals surface area (Å²) in [5.74, 6) is -0.234. The lowest BCUT2D eigenvalue weighted by molar-refractivity contribution is -0.379. The zero-order valence-electron chi connectivity index (χ0n) is 62.8. The fourth-order valence-corrected chi connectivity index (χ4v) is 14.4. The number of unbranched alkanes of at least 4 members (excludes halogenated alkanes) is 49. The van der Waals surface area contributed by atoms with Crippen LogP contribution in [0, 0.1) is 0 Å². The molecule has 0 spiro atoms. The van der Waals surface area contributed by atoms with Gasteiger partial charge in [0.15, 0.2) is 18.9 Å². The van der Waals surface area contributed by atoms with Gasteiger partial charge in [-0.3, -0.25) is 4.79 Å². The van der Waals surface area contributed by atoms with Crippen molar-refractivity contribution in [1.82, 2.24) is 5.32 Å². The third-order valence-corrected chi connectivity index (χ3v) is 21.1. The topological polar surface area (TPSA) is 307 Å². The third-order valence-electron chi connectivity index (χ3n) is 21.1. The van der Waals surface area contributed by atoms with Crippen LogP contribution in [0.2, 0.25) is 0 Å². The minimum absolute atomic E-state index is 0.234. The molecule has 12 N–H and O–H groups in total. The maximum absolute atomic E-state index is 13.5. The Morgan fingerprint density at radius 1 is 0.354 bits per heavy atom. The second-order valence-electron chi connectivity index (χ2n) is 29.9. The molecule has 0 bridgehead atoms. The van der Waals surface area contributed by atoms with Crippen LogP contribution in [0.15, 0.2) is 12.2 Å². The fourth-order valence-electron chi connectivity index (χ4n) is 14.4. The highest BCUT2D eigenvalue weighted by Crippen LogP contribution is 2.33. The molecule has 0 aliphatic carbocycles. The normalized spacial score (nSPS) is 26.6. The first-order valence-corrected chi connectivity index (χ1v) is 41.4. The monoisotopic (exact) mass is 1420 g/mol. The van der Waals surface area contributed by atoms with E-state index < -0.39 is 124 Å². The van der Waals surface area contributed by atoms with Crippen molar-refractivity contribution in [2.75, 3.05) is 26.4 Å². The molecule has 3 heterocycles. The maximum atomic E-state index is 13.5. The van der Waals surface area contributed by atoms with E-state index in [0.717, 1.165) is 44.9 Å². The number of hydrogen-bond donors (Lipinski definition) is 12. The van der Waals surface area contributed by atoms with E-state index in [1.807, 2.05) is 0 Å². The van der Waals surface area contributed by atoms with E-state index in [4.69, 9.17) is 28.4 Å². The lowest BCUT2D eigenvalue weighted by Gasteiger charge is -2.48. The van der Waals surface area contributed by atoms with Gasteiger partial charge < -0.3 is 89.9 Å². The number of rotatable bonds is 67. The van der Waals surface area contributed by atoms with Gasteiger partial charge in [0.2, 0.25) is 5.91 Å². The van der Waals surface area contributed by atoms with Crippen molar-refractivity contribution < 1.29 is 89.4 Å². The maximum Gasteiger partial charge on any atom is 0.220 e. The molecule has 3 aliphatic rings. The minimum atomic E-state index is -1.97. The highest BCUT2D eigenvalue weighted by atomic mass is 16.8. The van der Waals surface area contributed by atoms with Crippen molar-refractivity contribution in [3.63, 3.8) is 0 Å². The van der Waals surface area contributed by atoms with Crippen molar-refractivity contribution in [1.29, 1.82) is 0 Å². The summed E-state index contributed by atoms with van der Waals surface area (Å²) in [5, 5.41) is 121. The highest BCUT2D eigenvalue weighted by Gasteiger charge is 2.54. The number of allylic oxidation sites excluding steroid dienone is 2. The van der Waals surface area contributed by atoms with Gasteiger partial charge in [0.05, 0.1) is 38.6 Å². The van der Waals surface area contributed by atoms with Gasteiger partial charge >= 0.3 is 0 Å². The molecule has 3 fully saturated rings. The van der Waals surface area contributed by atoms with E-state index in [0.29, 0.717) is 12.8 Å². The molecule has 17 unspecified atom stereocenters. The summed E-state index contributed by atoms with van der Waals surface area (Å²) in [7, 11) is 0. The van der Waals surface area contributed by atoms with E-state index in [1.54, 1.807) is 0 Å². The number of carbonyl (C=O) groups excluding carboxylic acids is 1. The van der Waals surface area contributed by atoms with Crippen LogP contribution in [-0.4, -0.2) is 193 Å². The molecule has 3 rings (SSSR count). The van der Waals surface area contributed by atoms with Crippen LogP contribution in [0.1, 0.15) is 361 Å². The lowest BCUT2D eigenvalue weighted by Crippen LogP contribution is -2.66. The second kappa shape index (κ2) is 61.7. The molecule has 19 nitrogen and oxygen atoms in total. The molecule has 0 aromatic heterocycles. The number of nitrogens with one attached hydrogen (secondary N) is 1. The van der Waals surface area contributed by atoms with Gasteiger partial charge in [0.25, 0.3) is 0 Å². The molecule has 1 amide bonds. The Bertz CT molecular complexity index is 1840. The molecule has 0 aromatic rings. The number of ether oxygens (including phenoxy) is 6. The van der Waals surface area contributed by atoms with Crippen molar-refractivity contribution >= 4 is 5.91 Å². The smallest absolute Gasteiger partial charge is 0.220 e. The zero-order chi connectivity index (χ0) is 71.8. The lowest BCUT2D eigenvalue weighted by atomic mass is 9.96. The first kappa shape index (κ1) is 91.7. The summed E-state index contributed by atoms with van der Waals surface area (Å²) in [4.78, 5) is 13.5. The molecule has 3 saturated heterocycles.